The highest BCUT2D eigenvalue weighted by Crippen LogP contribution is 2.22. The summed E-state index contributed by atoms with van der Waals surface area (Å²) in [6.07, 6.45) is 1.64. The van der Waals surface area contributed by atoms with Crippen LogP contribution in [-0.2, 0) is 12.0 Å². The van der Waals surface area contributed by atoms with Crippen molar-refractivity contribution in [3.8, 4) is 5.75 Å². The Morgan fingerprint density at radius 2 is 1.96 bits per heavy atom. The van der Waals surface area contributed by atoms with E-state index in [-0.39, 0.29) is 17.3 Å². The van der Waals surface area contributed by atoms with Gasteiger partial charge in [-0.2, -0.15) is 0 Å². The lowest BCUT2D eigenvalue weighted by molar-refractivity contribution is 0.223. The first kappa shape index (κ1) is 19.8. The fraction of sp³-hybridized carbons (Fsp3) is 0.474. The largest absolute Gasteiger partial charge is 0.489 e. The van der Waals surface area contributed by atoms with Crippen molar-refractivity contribution in [2.75, 3.05) is 13.6 Å². The molecule has 2 N–H and O–H groups in total. The number of aliphatic imine (C=N–C) groups is 1. The van der Waals surface area contributed by atoms with Gasteiger partial charge in [-0.3, -0.25) is 4.99 Å². The number of hydrogen-bond acceptors (Lipinski definition) is 4. The Balaban J connectivity index is 1.78. The van der Waals surface area contributed by atoms with Gasteiger partial charge in [0.15, 0.2) is 5.96 Å². The van der Waals surface area contributed by atoms with Crippen LogP contribution in [0.1, 0.15) is 39.3 Å². The number of guanidine groups is 1. The fourth-order valence-corrected chi connectivity index (χ4v) is 2.15. The first-order valence-electron chi connectivity index (χ1n) is 8.60. The van der Waals surface area contributed by atoms with E-state index in [1.807, 2.05) is 6.92 Å². The van der Waals surface area contributed by atoms with Crippen LogP contribution in [0.4, 0.5) is 4.39 Å². The number of ether oxygens (including phenoxy) is 1. The third-order valence-corrected chi connectivity index (χ3v) is 3.63. The highest BCUT2D eigenvalue weighted by atomic mass is 19.1. The van der Waals surface area contributed by atoms with Crippen molar-refractivity contribution in [1.29, 1.82) is 0 Å². The monoisotopic (exact) mass is 362 g/mol. The first-order valence-corrected chi connectivity index (χ1v) is 8.60. The minimum absolute atomic E-state index is 0.0711. The van der Waals surface area contributed by atoms with Crippen LogP contribution in [0.3, 0.4) is 0 Å². The molecule has 0 saturated heterocycles. The Labute approximate surface area is 153 Å². The third kappa shape index (κ3) is 6.06. The second kappa shape index (κ2) is 8.69. The molecule has 0 aliphatic carbocycles. The van der Waals surface area contributed by atoms with Gasteiger partial charge in [-0.05, 0) is 31.2 Å². The van der Waals surface area contributed by atoms with Crippen LogP contribution in [0.2, 0.25) is 0 Å². The maximum atomic E-state index is 12.9. The van der Waals surface area contributed by atoms with E-state index >= 15 is 0 Å². The van der Waals surface area contributed by atoms with Crippen LogP contribution in [0.5, 0.6) is 5.75 Å². The predicted molar refractivity (Wildman–Crippen MR) is 99.9 cm³/mol. The van der Waals surface area contributed by atoms with Crippen LogP contribution in [0, 0.1) is 5.82 Å². The molecule has 6 nitrogen and oxygen atoms in total. The van der Waals surface area contributed by atoms with E-state index in [1.165, 1.54) is 12.1 Å². The van der Waals surface area contributed by atoms with Gasteiger partial charge in [0.2, 0.25) is 5.89 Å². The van der Waals surface area contributed by atoms with Gasteiger partial charge < -0.3 is 19.8 Å². The summed E-state index contributed by atoms with van der Waals surface area (Å²) in [7, 11) is 1.69. The summed E-state index contributed by atoms with van der Waals surface area (Å²) in [4.78, 5) is 8.45. The first-order chi connectivity index (χ1) is 12.3. The van der Waals surface area contributed by atoms with E-state index < -0.39 is 0 Å². The van der Waals surface area contributed by atoms with Crippen molar-refractivity contribution in [3.05, 3.63) is 47.9 Å². The van der Waals surface area contributed by atoms with Crippen LogP contribution in [0.25, 0.3) is 0 Å². The molecule has 2 aromatic rings. The van der Waals surface area contributed by atoms with Crippen molar-refractivity contribution < 1.29 is 13.5 Å². The Morgan fingerprint density at radius 1 is 1.27 bits per heavy atom. The molecule has 0 aliphatic rings. The topological polar surface area (TPSA) is 71.7 Å². The van der Waals surface area contributed by atoms with Crippen molar-refractivity contribution in [2.24, 2.45) is 4.99 Å². The third-order valence-electron chi connectivity index (χ3n) is 3.63. The molecule has 7 heteroatoms. The van der Waals surface area contributed by atoms with Crippen molar-refractivity contribution >= 4 is 5.96 Å². The lowest BCUT2D eigenvalue weighted by atomic mass is 9.94. The van der Waals surface area contributed by atoms with Gasteiger partial charge in [-0.1, -0.05) is 20.8 Å². The SMILES string of the molecule is CN=C(NCc1ncc(C(C)(C)C)o1)NCC(C)Oc1ccc(F)cc1. The van der Waals surface area contributed by atoms with E-state index in [0.29, 0.717) is 30.7 Å². The molecule has 0 fully saturated rings. The van der Waals surface area contributed by atoms with Gasteiger partial charge >= 0.3 is 0 Å². The van der Waals surface area contributed by atoms with E-state index in [2.05, 4.69) is 41.4 Å². The van der Waals surface area contributed by atoms with E-state index in [9.17, 15) is 4.39 Å². The Hall–Kier alpha value is -2.57. The zero-order valence-corrected chi connectivity index (χ0v) is 16.0. The molecule has 1 aromatic carbocycles. The zero-order chi connectivity index (χ0) is 19.2. The summed E-state index contributed by atoms with van der Waals surface area (Å²) in [5.41, 5.74) is -0.0711. The van der Waals surface area contributed by atoms with Crippen molar-refractivity contribution in [3.63, 3.8) is 0 Å². The van der Waals surface area contributed by atoms with E-state index in [4.69, 9.17) is 9.15 Å². The average Bonchev–Trinajstić information content (AvgIpc) is 3.06. The molecular weight excluding hydrogens is 335 g/mol. The smallest absolute Gasteiger partial charge is 0.213 e. The van der Waals surface area contributed by atoms with E-state index in [1.54, 1.807) is 25.4 Å². The average molecular weight is 362 g/mol. The molecule has 1 atom stereocenters. The molecule has 0 saturated carbocycles. The molecule has 1 unspecified atom stereocenters. The highest BCUT2D eigenvalue weighted by Gasteiger charge is 2.19. The molecule has 0 bridgehead atoms. The van der Waals surface area contributed by atoms with Gasteiger partial charge in [-0.15, -0.1) is 0 Å². The fourth-order valence-electron chi connectivity index (χ4n) is 2.15. The molecule has 142 valence electrons. The predicted octanol–water partition coefficient (Wildman–Crippen LogP) is 3.24. The zero-order valence-electron chi connectivity index (χ0n) is 16.0. The van der Waals surface area contributed by atoms with Crippen molar-refractivity contribution in [2.45, 2.75) is 45.8 Å². The molecular formula is C19H27FN4O2. The van der Waals surface area contributed by atoms with Crippen LogP contribution < -0.4 is 15.4 Å². The molecule has 26 heavy (non-hydrogen) atoms. The number of halogens is 1. The normalized spacial score (nSPS) is 13.4. The van der Waals surface area contributed by atoms with E-state index in [0.717, 1.165) is 5.76 Å². The lowest BCUT2D eigenvalue weighted by Crippen LogP contribution is -2.41. The maximum absolute atomic E-state index is 12.9. The number of oxazole rings is 1. The number of rotatable bonds is 6. The lowest BCUT2D eigenvalue weighted by Gasteiger charge is -2.17. The molecule has 2 rings (SSSR count). The molecule has 1 heterocycles. The number of nitrogens with zero attached hydrogens (tertiary/aromatic N) is 2. The molecule has 1 aromatic heterocycles. The molecule has 0 spiro atoms. The van der Waals surface area contributed by atoms with Gasteiger partial charge in [0.05, 0.1) is 19.3 Å². The van der Waals surface area contributed by atoms with Crippen molar-refractivity contribution in [1.82, 2.24) is 15.6 Å². The minimum Gasteiger partial charge on any atom is -0.489 e. The number of benzene rings is 1. The Kier molecular flexibility index (Phi) is 6.60. The number of nitrogens with one attached hydrogen (secondary N) is 2. The standard InChI is InChI=1S/C19H27FN4O2/c1-13(25-15-8-6-14(20)7-9-15)10-23-18(21-5)24-12-17-22-11-16(26-17)19(2,3)4/h6-9,11,13H,10,12H2,1-5H3,(H2,21,23,24). The summed E-state index contributed by atoms with van der Waals surface area (Å²) in [5, 5.41) is 6.33. The molecule has 0 amide bonds. The van der Waals surface area contributed by atoms with Crippen LogP contribution in [0.15, 0.2) is 39.9 Å². The van der Waals surface area contributed by atoms with Crippen LogP contribution in [-0.4, -0.2) is 30.6 Å². The van der Waals surface area contributed by atoms with Gasteiger partial charge in [0.1, 0.15) is 23.4 Å². The Bertz CT molecular complexity index is 720. The second-order valence-electron chi connectivity index (χ2n) is 7.06. The summed E-state index contributed by atoms with van der Waals surface area (Å²) in [6.45, 7) is 9.13. The van der Waals surface area contributed by atoms with Gasteiger partial charge in [-0.25, -0.2) is 9.37 Å². The van der Waals surface area contributed by atoms with Gasteiger partial charge in [0.25, 0.3) is 0 Å². The number of aromatic nitrogens is 1. The second-order valence-corrected chi connectivity index (χ2v) is 7.06. The summed E-state index contributed by atoms with van der Waals surface area (Å²) in [5.74, 6) is 2.41. The maximum Gasteiger partial charge on any atom is 0.213 e. The minimum atomic E-state index is -0.283. The van der Waals surface area contributed by atoms with Crippen LogP contribution >= 0.6 is 0 Å². The van der Waals surface area contributed by atoms with Gasteiger partial charge in [0, 0.05) is 12.5 Å². The molecule has 0 radical (unpaired) electrons. The quantitative estimate of drug-likeness (QED) is 0.610. The summed E-state index contributed by atoms with van der Waals surface area (Å²) in [6, 6.07) is 5.96. The Morgan fingerprint density at radius 3 is 2.54 bits per heavy atom. The molecule has 0 aliphatic heterocycles. The summed E-state index contributed by atoms with van der Waals surface area (Å²) >= 11 is 0. The number of hydrogen-bond donors (Lipinski definition) is 2. The highest BCUT2D eigenvalue weighted by molar-refractivity contribution is 5.79. The summed E-state index contributed by atoms with van der Waals surface area (Å²) < 4.78 is 24.4.